The topological polar surface area (TPSA) is 288 Å². The van der Waals surface area contributed by atoms with Crippen molar-refractivity contribution in [3.63, 3.8) is 0 Å². The Bertz CT molecular complexity index is 2240. The van der Waals surface area contributed by atoms with E-state index in [-0.39, 0.29) is 43.4 Å². The molecule has 84 heavy (non-hydrogen) atoms. The van der Waals surface area contributed by atoms with E-state index in [9.17, 15) is 57.8 Å². The maximum atomic E-state index is 14.9. The van der Waals surface area contributed by atoms with Gasteiger partial charge in [0.05, 0.1) is 12.6 Å². The van der Waals surface area contributed by atoms with Gasteiger partial charge in [-0.1, -0.05) is 116 Å². The Morgan fingerprint density at radius 1 is 0.512 bits per heavy atom. The number of nitrogens with one attached hydrogen (secondary N) is 5. The lowest BCUT2D eigenvalue weighted by Crippen LogP contribution is -2.62. The molecule has 1 heterocycles. The number of carbonyl (C=O) groups excluding carboxylic acids is 11. The van der Waals surface area contributed by atoms with Gasteiger partial charge in [0.1, 0.15) is 54.4 Å². The zero-order chi connectivity index (χ0) is 65.5. The van der Waals surface area contributed by atoms with Crippen molar-refractivity contribution >= 4 is 65.0 Å². The average molecular weight is 1190 g/mol. The molecule has 1 fully saturated rings. The second kappa shape index (κ2) is 36.7. The largest absolute Gasteiger partial charge is 0.390 e. The summed E-state index contributed by atoms with van der Waals surface area (Å²) < 4.78 is 0. The van der Waals surface area contributed by atoms with Gasteiger partial charge in [-0.2, -0.15) is 0 Å². The first kappa shape index (κ1) is 77.9. The molecular weight excluding hydrogens is 1080 g/mol. The molecule has 23 nitrogen and oxygen atoms in total. The van der Waals surface area contributed by atoms with Gasteiger partial charge in [0.25, 0.3) is 0 Å². The molecule has 482 valence electrons. The molecule has 0 radical (unpaired) electrons. The summed E-state index contributed by atoms with van der Waals surface area (Å²) in [5, 5.41) is 25.5. The van der Waals surface area contributed by atoms with E-state index >= 15 is 0 Å². The van der Waals surface area contributed by atoms with Gasteiger partial charge in [0.15, 0.2) is 0 Å². The molecule has 1 aliphatic rings. The highest BCUT2D eigenvalue weighted by Gasteiger charge is 2.44. The zero-order valence-electron chi connectivity index (χ0n) is 55.5. The molecule has 0 aromatic carbocycles. The third kappa shape index (κ3) is 23.0. The van der Waals surface area contributed by atoms with Crippen molar-refractivity contribution in [2.24, 2.45) is 35.5 Å². The summed E-state index contributed by atoms with van der Waals surface area (Å²) in [6.07, 6.45) is 3.76. The van der Waals surface area contributed by atoms with Crippen molar-refractivity contribution < 1.29 is 57.8 Å². The Hall–Kier alpha value is -6.13. The van der Waals surface area contributed by atoms with Crippen LogP contribution in [0.15, 0.2) is 12.2 Å². The molecule has 0 spiro atoms. The van der Waals surface area contributed by atoms with Crippen molar-refractivity contribution in [1.29, 1.82) is 0 Å². The maximum absolute atomic E-state index is 14.9. The first-order valence-corrected chi connectivity index (χ1v) is 30.2. The maximum Gasteiger partial charge on any atom is 0.246 e. The number of aliphatic hydroxyl groups is 1. The smallest absolute Gasteiger partial charge is 0.246 e. The van der Waals surface area contributed by atoms with Crippen LogP contribution in [0.3, 0.4) is 0 Å². The van der Waals surface area contributed by atoms with Crippen LogP contribution in [0.25, 0.3) is 0 Å². The van der Waals surface area contributed by atoms with Gasteiger partial charge in [-0.3, -0.25) is 52.7 Å². The highest BCUT2D eigenvalue weighted by molar-refractivity contribution is 5.98. The zero-order valence-corrected chi connectivity index (χ0v) is 55.5. The summed E-state index contributed by atoms with van der Waals surface area (Å²) in [4.78, 5) is 163. The van der Waals surface area contributed by atoms with E-state index in [0.29, 0.717) is 6.42 Å². The first-order valence-electron chi connectivity index (χ1n) is 30.2. The first-order chi connectivity index (χ1) is 38.8. The van der Waals surface area contributed by atoms with Crippen LogP contribution in [0, 0.1) is 35.5 Å². The molecule has 12 atom stereocenters. The molecule has 1 saturated heterocycles. The molecule has 23 heteroatoms. The van der Waals surface area contributed by atoms with E-state index in [1.54, 1.807) is 60.6 Å². The number of nitrogens with zero attached hydrogens (tertiary/aromatic N) is 6. The number of likely N-dealkylation sites (N-methyl/N-ethyl adjacent to an activating group) is 6. The summed E-state index contributed by atoms with van der Waals surface area (Å²) in [6, 6.07) is -11.7. The van der Waals surface area contributed by atoms with Gasteiger partial charge >= 0.3 is 0 Å². The fraction of sp³-hybridized carbons (Fsp3) is 0.787. The lowest BCUT2D eigenvalue weighted by Gasteiger charge is -2.40. The fourth-order valence-electron chi connectivity index (χ4n) is 9.87. The van der Waals surface area contributed by atoms with Crippen LogP contribution >= 0.6 is 0 Å². The molecule has 1 aliphatic heterocycles. The van der Waals surface area contributed by atoms with Gasteiger partial charge in [-0.15, -0.1) is 0 Å². The second-order valence-corrected chi connectivity index (χ2v) is 24.9. The van der Waals surface area contributed by atoms with Gasteiger partial charge in [-0.05, 0) is 88.9 Å². The summed E-state index contributed by atoms with van der Waals surface area (Å²) in [5.41, 5.74) is 0. The van der Waals surface area contributed by atoms with E-state index < -0.39 is 156 Å². The minimum absolute atomic E-state index is 0.0307. The number of aliphatic hydroxyl groups excluding tert-OH is 1. The van der Waals surface area contributed by atoms with E-state index in [1.807, 2.05) is 41.5 Å². The average Bonchev–Trinajstić information content (AvgIpc) is 3.44. The van der Waals surface area contributed by atoms with Crippen LogP contribution in [0.5, 0.6) is 0 Å². The van der Waals surface area contributed by atoms with Gasteiger partial charge in [-0.25, -0.2) is 0 Å². The van der Waals surface area contributed by atoms with Crippen molar-refractivity contribution in [1.82, 2.24) is 56.0 Å². The van der Waals surface area contributed by atoms with E-state index in [2.05, 4.69) is 40.4 Å². The van der Waals surface area contributed by atoms with E-state index in [4.69, 9.17) is 0 Å². The van der Waals surface area contributed by atoms with Gasteiger partial charge in [0.2, 0.25) is 65.0 Å². The Morgan fingerprint density at radius 2 is 1.04 bits per heavy atom. The van der Waals surface area contributed by atoms with Crippen LogP contribution in [-0.2, 0) is 52.7 Å². The number of hydrogen-bond acceptors (Lipinski definition) is 12. The highest BCUT2D eigenvalue weighted by atomic mass is 16.3. The van der Waals surface area contributed by atoms with Crippen LogP contribution < -0.4 is 26.6 Å². The third-order valence-electron chi connectivity index (χ3n) is 15.4. The van der Waals surface area contributed by atoms with Crippen molar-refractivity contribution in [2.45, 2.75) is 230 Å². The summed E-state index contributed by atoms with van der Waals surface area (Å²) in [5.74, 6) is -9.58. The number of rotatable bonds is 12. The summed E-state index contributed by atoms with van der Waals surface area (Å²) >= 11 is 0. The van der Waals surface area contributed by atoms with E-state index in [1.165, 1.54) is 89.1 Å². The Labute approximate surface area is 503 Å². The minimum Gasteiger partial charge on any atom is -0.390 e. The summed E-state index contributed by atoms with van der Waals surface area (Å²) in [6.45, 7) is 31.1. The van der Waals surface area contributed by atoms with Gasteiger partial charge < -0.3 is 61.1 Å². The molecule has 0 aromatic heterocycles. The lowest BCUT2D eigenvalue weighted by atomic mass is 9.91. The predicted octanol–water partition coefficient (Wildman–Crippen LogP) is 3.32. The second-order valence-electron chi connectivity index (χ2n) is 24.9. The molecule has 0 bridgehead atoms. The Kier molecular flexibility index (Phi) is 34.0. The number of carbonyl (C=O) groups is 11. The molecule has 6 N–H and O–H groups in total. The van der Waals surface area contributed by atoms with Crippen molar-refractivity contribution in [3.05, 3.63) is 12.2 Å². The quantitative estimate of drug-likeness (QED) is 0.154. The van der Waals surface area contributed by atoms with E-state index in [0.717, 1.165) is 9.80 Å². The minimum atomic E-state index is -1.58. The monoisotopic (exact) mass is 1190 g/mol. The standard InChI is InChI=1S/C58H103N11O12.C3H8/c1-23-25-26-36(13)49(72)48-54(77)61-40(24-2)57(80)64(17)30-45(71)66(19)43(28-32(5)6)52(75)63-46(34(9)10)53(76)62-41(27-31(3)4)51(74)59-37(14)50(73)60-38(15)55(78)65(18)39(16)56(79)67(20)42(33(7)8)29-44(70)68(21)47(35(11)12)58(81)69(48)22;1-3-2/h23,25,31-43,46-49,72H,24,26-30H2,1-22H3,(H,59,74)(H,60,73)(H,61,77)(H,62,76)(H,63,75);3H2,1-2H3/b25-23+;/t36-,37+,38-,39+,40+,41+,42-,43+,46+,47+,48+,49-;/m1./s1. The normalized spacial score (nSPS) is 26.8. The van der Waals surface area contributed by atoms with Gasteiger partial charge in [0, 0.05) is 54.7 Å². The highest BCUT2D eigenvalue weighted by Crippen LogP contribution is 2.24. The molecular formula is C61H111N11O12. The van der Waals surface area contributed by atoms with Crippen molar-refractivity contribution in [2.75, 3.05) is 48.8 Å². The van der Waals surface area contributed by atoms with Crippen molar-refractivity contribution in [3.8, 4) is 0 Å². The van der Waals surface area contributed by atoms with Crippen LogP contribution in [-0.4, -0.2) is 215 Å². The third-order valence-corrected chi connectivity index (χ3v) is 15.4. The fourth-order valence-corrected chi connectivity index (χ4v) is 9.87. The molecule has 1 rings (SSSR count). The SMILES string of the molecule is C/C=C/C[C@@H](C)[C@@H](O)[C@H]1C(=O)N[C@@H](CC)C(=O)N(C)CC(=O)N(C)[C@@H](CC(C)C)C(=O)N[C@@H](C(C)C)C(=O)N[C@@H](CC(C)C)C(=O)N[C@@H](C)C(=O)N[C@H](C)C(=O)N(C)[C@@H](C)C(=O)N(C)[C@@H](C(C)C)CC(=O)N(C)[C@@H](C(C)C)C(=O)N1C.CCC. The summed E-state index contributed by atoms with van der Waals surface area (Å²) in [7, 11) is 8.49. The molecule has 0 unspecified atom stereocenters. The number of amides is 11. The number of hydrogen-bond donors (Lipinski definition) is 6. The lowest BCUT2D eigenvalue weighted by molar-refractivity contribution is -0.154. The molecule has 0 saturated carbocycles. The Morgan fingerprint density at radius 3 is 1.51 bits per heavy atom. The molecule has 11 amide bonds. The Balaban J connectivity index is 0.0000224. The van der Waals surface area contributed by atoms with Crippen LogP contribution in [0.4, 0.5) is 0 Å². The number of allylic oxidation sites excluding steroid dienone is 2. The predicted molar refractivity (Wildman–Crippen MR) is 326 cm³/mol. The van der Waals surface area contributed by atoms with Crippen LogP contribution in [0.1, 0.15) is 163 Å². The molecule has 0 aliphatic carbocycles. The molecule has 0 aromatic rings. The van der Waals surface area contributed by atoms with Crippen LogP contribution in [0.2, 0.25) is 0 Å².